The van der Waals surface area contributed by atoms with Crippen LogP contribution in [-0.2, 0) is 20.7 Å². The number of rotatable bonds is 5. The van der Waals surface area contributed by atoms with Crippen LogP contribution in [0.4, 0.5) is 9.18 Å². The summed E-state index contributed by atoms with van der Waals surface area (Å²) >= 11 is 5.82. The molecule has 8 heteroatoms. The predicted octanol–water partition coefficient (Wildman–Crippen LogP) is 1.78. The lowest BCUT2D eigenvalue weighted by Crippen LogP contribution is -2.45. The minimum absolute atomic E-state index is 0.0213. The molecule has 0 aliphatic rings. The zero-order valence-electron chi connectivity index (χ0n) is 12.1. The van der Waals surface area contributed by atoms with Crippen molar-refractivity contribution in [3.8, 4) is 0 Å². The molecule has 0 radical (unpaired) electrons. The van der Waals surface area contributed by atoms with Gasteiger partial charge >= 0.3 is 12.0 Å². The SMILES string of the molecule is CC(C)[C@H](OC(=O)Cc1c(F)cccc1Cl)C(=O)NC(N)=O. The molecule has 22 heavy (non-hydrogen) atoms. The lowest BCUT2D eigenvalue weighted by molar-refractivity contribution is -0.157. The number of esters is 1. The fourth-order valence-electron chi connectivity index (χ4n) is 1.71. The Morgan fingerprint density at radius 3 is 2.50 bits per heavy atom. The van der Waals surface area contributed by atoms with E-state index >= 15 is 0 Å². The minimum Gasteiger partial charge on any atom is -0.452 e. The summed E-state index contributed by atoms with van der Waals surface area (Å²) in [5.74, 6) is -2.73. The molecule has 0 aliphatic carbocycles. The topological polar surface area (TPSA) is 98.5 Å². The molecule has 0 fully saturated rings. The van der Waals surface area contributed by atoms with Gasteiger partial charge in [0, 0.05) is 10.6 Å². The fourth-order valence-corrected chi connectivity index (χ4v) is 1.94. The lowest BCUT2D eigenvalue weighted by atomic mass is 10.1. The van der Waals surface area contributed by atoms with Crippen molar-refractivity contribution in [2.75, 3.05) is 0 Å². The molecule has 3 N–H and O–H groups in total. The van der Waals surface area contributed by atoms with Crippen LogP contribution in [0.25, 0.3) is 0 Å². The zero-order valence-corrected chi connectivity index (χ0v) is 12.8. The first-order valence-corrected chi connectivity index (χ1v) is 6.82. The Hall–Kier alpha value is -2.15. The summed E-state index contributed by atoms with van der Waals surface area (Å²) < 4.78 is 18.6. The van der Waals surface area contributed by atoms with E-state index in [1.54, 1.807) is 13.8 Å². The third kappa shape index (κ3) is 5.00. The van der Waals surface area contributed by atoms with Crippen molar-refractivity contribution in [2.24, 2.45) is 11.7 Å². The molecule has 1 aromatic carbocycles. The highest BCUT2D eigenvalue weighted by Crippen LogP contribution is 2.20. The molecule has 0 heterocycles. The van der Waals surface area contributed by atoms with E-state index in [-0.39, 0.29) is 10.6 Å². The van der Waals surface area contributed by atoms with Crippen molar-refractivity contribution in [3.63, 3.8) is 0 Å². The van der Waals surface area contributed by atoms with Gasteiger partial charge < -0.3 is 10.5 Å². The van der Waals surface area contributed by atoms with Gasteiger partial charge in [-0.25, -0.2) is 9.18 Å². The number of primary amides is 1. The third-order valence-corrected chi connectivity index (χ3v) is 3.11. The number of imide groups is 1. The first-order chi connectivity index (χ1) is 10.2. The second-order valence-corrected chi connectivity index (χ2v) is 5.29. The predicted molar refractivity (Wildman–Crippen MR) is 77.6 cm³/mol. The number of carbonyl (C=O) groups is 3. The summed E-state index contributed by atoms with van der Waals surface area (Å²) in [4.78, 5) is 34.3. The molecule has 0 saturated heterocycles. The van der Waals surface area contributed by atoms with Crippen LogP contribution in [0.5, 0.6) is 0 Å². The van der Waals surface area contributed by atoms with Gasteiger partial charge in [0.2, 0.25) is 0 Å². The van der Waals surface area contributed by atoms with E-state index in [9.17, 15) is 18.8 Å². The summed E-state index contributed by atoms with van der Waals surface area (Å²) in [5.41, 5.74) is 4.83. The van der Waals surface area contributed by atoms with Gasteiger partial charge in [0.1, 0.15) is 5.82 Å². The number of ether oxygens (including phenoxy) is 1. The Morgan fingerprint density at radius 2 is 2.00 bits per heavy atom. The molecule has 6 nitrogen and oxygen atoms in total. The summed E-state index contributed by atoms with van der Waals surface area (Å²) in [6.45, 7) is 3.24. The Bertz CT molecular complexity index is 572. The number of hydrogen-bond acceptors (Lipinski definition) is 4. The standard InChI is InChI=1S/C14H16ClFN2O4/c1-7(2)12(13(20)18-14(17)21)22-11(19)6-8-9(15)4-3-5-10(8)16/h3-5,7,12H,6H2,1-2H3,(H3,17,18,20,21)/t12-/m0/s1. The minimum atomic E-state index is -1.22. The van der Waals surface area contributed by atoms with E-state index in [0.29, 0.717) is 0 Å². The molecule has 1 aromatic rings. The van der Waals surface area contributed by atoms with Crippen LogP contribution in [0.3, 0.4) is 0 Å². The van der Waals surface area contributed by atoms with Gasteiger partial charge in [-0.15, -0.1) is 0 Å². The molecule has 0 unspecified atom stereocenters. The van der Waals surface area contributed by atoms with Gasteiger partial charge in [-0.3, -0.25) is 14.9 Å². The summed E-state index contributed by atoms with van der Waals surface area (Å²) in [6.07, 6.45) is -1.65. The van der Waals surface area contributed by atoms with Crippen LogP contribution in [0.2, 0.25) is 5.02 Å². The molecule has 0 bridgehead atoms. The molecular weight excluding hydrogens is 315 g/mol. The number of nitrogens with one attached hydrogen (secondary N) is 1. The summed E-state index contributed by atoms with van der Waals surface area (Å²) in [6, 6.07) is 2.95. The molecule has 3 amide bonds. The van der Waals surface area contributed by atoms with E-state index < -0.39 is 42.2 Å². The monoisotopic (exact) mass is 330 g/mol. The van der Waals surface area contributed by atoms with Crippen LogP contribution >= 0.6 is 11.6 Å². The highest BCUT2D eigenvalue weighted by molar-refractivity contribution is 6.31. The van der Waals surface area contributed by atoms with Crippen LogP contribution in [0, 0.1) is 11.7 Å². The van der Waals surface area contributed by atoms with Gasteiger partial charge in [0.15, 0.2) is 6.10 Å². The molecule has 0 spiro atoms. The first kappa shape index (κ1) is 17.9. The Kier molecular flexibility index (Phi) is 6.30. The molecule has 120 valence electrons. The van der Waals surface area contributed by atoms with Crippen LogP contribution in [0.15, 0.2) is 18.2 Å². The third-order valence-electron chi connectivity index (χ3n) is 2.75. The van der Waals surface area contributed by atoms with Crippen LogP contribution in [0.1, 0.15) is 19.4 Å². The second kappa shape index (κ2) is 7.74. The number of nitrogens with two attached hydrogens (primary N) is 1. The zero-order chi connectivity index (χ0) is 16.9. The van der Waals surface area contributed by atoms with Gasteiger partial charge in [0.25, 0.3) is 5.91 Å². The lowest BCUT2D eigenvalue weighted by Gasteiger charge is -2.20. The van der Waals surface area contributed by atoms with E-state index in [1.807, 2.05) is 5.32 Å². The van der Waals surface area contributed by atoms with Gasteiger partial charge in [-0.2, -0.15) is 0 Å². The number of hydrogen-bond donors (Lipinski definition) is 2. The fraction of sp³-hybridized carbons (Fsp3) is 0.357. The highest BCUT2D eigenvalue weighted by atomic mass is 35.5. The van der Waals surface area contributed by atoms with E-state index in [0.717, 1.165) is 6.07 Å². The van der Waals surface area contributed by atoms with Crippen LogP contribution in [-0.4, -0.2) is 24.0 Å². The first-order valence-electron chi connectivity index (χ1n) is 6.45. The number of benzene rings is 1. The second-order valence-electron chi connectivity index (χ2n) is 4.88. The largest absolute Gasteiger partial charge is 0.452 e. The number of halogens is 2. The normalized spacial score (nSPS) is 11.9. The highest BCUT2D eigenvalue weighted by Gasteiger charge is 2.28. The van der Waals surface area contributed by atoms with E-state index in [1.165, 1.54) is 12.1 Å². The van der Waals surface area contributed by atoms with Crippen LogP contribution < -0.4 is 11.1 Å². The van der Waals surface area contributed by atoms with Crippen molar-refractivity contribution >= 4 is 29.5 Å². The van der Waals surface area contributed by atoms with E-state index in [4.69, 9.17) is 22.1 Å². The van der Waals surface area contributed by atoms with Crippen molar-refractivity contribution < 1.29 is 23.5 Å². The van der Waals surface area contributed by atoms with Gasteiger partial charge in [0.05, 0.1) is 6.42 Å². The Balaban J connectivity index is 2.80. The Morgan fingerprint density at radius 1 is 1.36 bits per heavy atom. The average Bonchev–Trinajstić information content (AvgIpc) is 2.39. The maximum Gasteiger partial charge on any atom is 0.318 e. The molecule has 1 atom stereocenters. The van der Waals surface area contributed by atoms with Crippen molar-refractivity contribution in [3.05, 3.63) is 34.6 Å². The van der Waals surface area contributed by atoms with E-state index in [2.05, 4.69) is 0 Å². The smallest absolute Gasteiger partial charge is 0.318 e. The maximum atomic E-state index is 13.6. The van der Waals surface area contributed by atoms with Crippen molar-refractivity contribution in [1.82, 2.24) is 5.32 Å². The molecule has 0 saturated carbocycles. The molecule has 0 aromatic heterocycles. The Labute approximate surface area is 131 Å². The number of urea groups is 1. The number of carbonyl (C=O) groups excluding carboxylic acids is 3. The average molecular weight is 331 g/mol. The maximum absolute atomic E-state index is 13.6. The quantitative estimate of drug-likeness (QED) is 0.804. The van der Waals surface area contributed by atoms with Gasteiger partial charge in [-0.1, -0.05) is 31.5 Å². The molecular formula is C14H16ClFN2O4. The van der Waals surface area contributed by atoms with Crippen molar-refractivity contribution in [2.45, 2.75) is 26.4 Å². The molecule has 0 aliphatic heterocycles. The number of amides is 3. The summed E-state index contributed by atoms with van der Waals surface area (Å²) in [5, 5.41) is 1.92. The molecule has 1 rings (SSSR count). The van der Waals surface area contributed by atoms with Gasteiger partial charge in [-0.05, 0) is 18.1 Å². The van der Waals surface area contributed by atoms with Crippen molar-refractivity contribution in [1.29, 1.82) is 0 Å². The summed E-state index contributed by atoms with van der Waals surface area (Å²) in [7, 11) is 0.